The van der Waals surface area contributed by atoms with Crippen LogP contribution in [0.4, 0.5) is 5.95 Å². The van der Waals surface area contributed by atoms with Gasteiger partial charge in [-0.3, -0.25) is 10.1 Å². The maximum atomic E-state index is 12.0. The molecule has 0 radical (unpaired) electrons. The van der Waals surface area contributed by atoms with Crippen molar-refractivity contribution in [3.8, 4) is 11.5 Å². The quantitative estimate of drug-likeness (QED) is 0.840. The zero-order valence-corrected chi connectivity index (χ0v) is 11.3. The maximum absolute atomic E-state index is 12.0. The summed E-state index contributed by atoms with van der Waals surface area (Å²) in [5, 5.41) is 8.81. The van der Waals surface area contributed by atoms with Crippen molar-refractivity contribution in [1.29, 1.82) is 0 Å². The molecule has 0 unspecified atom stereocenters. The van der Waals surface area contributed by atoms with Crippen LogP contribution < -0.4 is 14.8 Å². The first-order valence-corrected chi connectivity index (χ1v) is 6.31. The molecule has 0 atom stereocenters. The van der Waals surface area contributed by atoms with Crippen LogP contribution in [0, 0.1) is 0 Å². The summed E-state index contributed by atoms with van der Waals surface area (Å²) in [7, 11) is 0. The summed E-state index contributed by atoms with van der Waals surface area (Å²) in [5.41, 5.74) is 0.452. The predicted molar refractivity (Wildman–Crippen MR) is 73.1 cm³/mol. The molecule has 0 aliphatic carbocycles. The minimum Gasteiger partial charge on any atom is -0.490 e. The van der Waals surface area contributed by atoms with Crippen LogP contribution >= 0.6 is 0 Å². The summed E-state index contributed by atoms with van der Waals surface area (Å²) >= 11 is 0. The Kier molecular flexibility index (Phi) is 4.54. The molecule has 0 spiro atoms. The fourth-order valence-electron chi connectivity index (χ4n) is 1.64. The third-order valence-corrected chi connectivity index (χ3v) is 2.45. The van der Waals surface area contributed by atoms with E-state index in [2.05, 4.69) is 20.5 Å². The van der Waals surface area contributed by atoms with Gasteiger partial charge in [0.15, 0.2) is 11.5 Å². The van der Waals surface area contributed by atoms with Crippen molar-refractivity contribution in [3.05, 3.63) is 30.1 Å². The molecule has 1 aromatic heterocycles. The summed E-state index contributed by atoms with van der Waals surface area (Å²) in [4.78, 5) is 15.9. The van der Waals surface area contributed by atoms with Gasteiger partial charge in [0.05, 0.1) is 13.2 Å². The third kappa shape index (κ3) is 3.25. The number of nitrogens with zero attached hydrogens (tertiary/aromatic N) is 2. The van der Waals surface area contributed by atoms with Gasteiger partial charge >= 0.3 is 0 Å². The second kappa shape index (κ2) is 6.55. The maximum Gasteiger partial charge on any atom is 0.258 e. The molecule has 0 saturated carbocycles. The number of aromatic nitrogens is 3. The molecule has 1 amide bonds. The highest BCUT2D eigenvalue weighted by Crippen LogP contribution is 2.28. The van der Waals surface area contributed by atoms with Gasteiger partial charge in [-0.25, -0.2) is 5.10 Å². The van der Waals surface area contributed by atoms with Crippen molar-refractivity contribution >= 4 is 11.9 Å². The number of anilines is 1. The van der Waals surface area contributed by atoms with E-state index in [0.717, 1.165) is 0 Å². The van der Waals surface area contributed by atoms with Crippen LogP contribution in [0.3, 0.4) is 0 Å². The van der Waals surface area contributed by atoms with Gasteiger partial charge in [0.25, 0.3) is 5.91 Å². The van der Waals surface area contributed by atoms with E-state index in [-0.39, 0.29) is 5.91 Å². The number of benzene rings is 1. The first-order chi connectivity index (χ1) is 9.74. The van der Waals surface area contributed by atoms with Gasteiger partial charge in [-0.05, 0) is 32.0 Å². The molecular weight excluding hydrogens is 260 g/mol. The minimum atomic E-state index is -0.300. The first kappa shape index (κ1) is 13.9. The Balaban J connectivity index is 2.19. The average molecular weight is 276 g/mol. The Morgan fingerprint density at radius 2 is 2.00 bits per heavy atom. The molecule has 7 heteroatoms. The number of nitrogens with one attached hydrogen (secondary N) is 2. The van der Waals surface area contributed by atoms with Crippen molar-refractivity contribution in [2.24, 2.45) is 0 Å². The highest BCUT2D eigenvalue weighted by Gasteiger charge is 2.12. The normalized spacial score (nSPS) is 10.1. The molecule has 7 nitrogen and oxygen atoms in total. The summed E-state index contributed by atoms with van der Waals surface area (Å²) < 4.78 is 10.9. The number of aromatic amines is 1. The summed E-state index contributed by atoms with van der Waals surface area (Å²) in [6.07, 6.45) is 1.32. The first-order valence-electron chi connectivity index (χ1n) is 6.31. The number of ether oxygens (including phenoxy) is 2. The van der Waals surface area contributed by atoms with E-state index in [1.807, 2.05) is 13.8 Å². The summed E-state index contributed by atoms with van der Waals surface area (Å²) in [6, 6.07) is 5.02. The molecule has 2 rings (SSSR count). The van der Waals surface area contributed by atoms with Crippen LogP contribution in [0.25, 0.3) is 0 Å². The van der Waals surface area contributed by atoms with Crippen LogP contribution in [0.2, 0.25) is 0 Å². The Labute approximate surface area is 116 Å². The summed E-state index contributed by atoms with van der Waals surface area (Å²) in [6.45, 7) is 4.79. The van der Waals surface area contributed by atoms with Crippen molar-refractivity contribution < 1.29 is 14.3 Å². The highest BCUT2D eigenvalue weighted by molar-refractivity contribution is 6.03. The van der Waals surface area contributed by atoms with E-state index in [0.29, 0.717) is 36.2 Å². The number of carbonyl (C=O) groups is 1. The minimum absolute atomic E-state index is 0.293. The molecule has 1 aromatic carbocycles. The van der Waals surface area contributed by atoms with Crippen molar-refractivity contribution in [2.75, 3.05) is 18.5 Å². The molecule has 0 fully saturated rings. The van der Waals surface area contributed by atoms with Crippen LogP contribution in [-0.2, 0) is 0 Å². The van der Waals surface area contributed by atoms with Crippen LogP contribution in [0.5, 0.6) is 11.5 Å². The number of hydrogen-bond acceptors (Lipinski definition) is 5. The zero-order valence-electron chi connectivity index (χ0n) is 11.3. The van der Waals surface area contributed by atoms with E-state index in [1.165, 1.54) is 6.33 Å². The number of rotatable bonds is 6. The smallest absolute Gasteiger partial charge is 0.258 e. The second-order valence-electron chi connectivity index (χ2n) is 3.82. The predicted octanol–water partition coefficient (Wildman–Crippen LogP) is 1.85. The molecular formula is C13H16N4O3. The molecule has 2 aromatic rings. The lowest BCUT2D eigenvalue weighted by Crippen LogP contribution is -2.13. The highest BCUT2D eigenvalue weighted by atomic mass is 16.5. The van der Waals surface area contributed by atoms with E-state index in [9.17, 15) is 4.79 Å². The van der Waals surface area contributed by atoms with Gasteiger partial charge in [-0.15, -0.1) is 0 Å². The van der Waals surface area contributed by atoms with E-state index in [1.54, 1.807) is 18.2 Å². The lowest BCUT2D eigenvalue weighted by molar-refractivity contribution is 0.102. The lowest BCUT2D eigenvalue weighted by Gasteiger charge is -2.12. The third-order valence-electron chi connectivity index (χ3n) is 2.45. The fraction of sp³-hybridized carbons (Fsp3) is 0.308. The van der Waals surface area contributed by atoms with Gasteiger partial charge in [0.2, 0.25) is 5.95 Å². The van der Waals surface area contributed by atoms with Crippen molar-refractivity contribution in [1.82, 2.24) is 15.2 Å². The Morgan fingerprint density at radius 3 is 2.65 bits per heavy atom. The lowest BCUT2D eigenvalue weighted by atomic mass is 10.2. The van der Waals surface area contributed by atoms with Gasteiger partial charge in [-0.1, -0.05) is 0 Å². The molecule has 0 bridgehead atoms. The number of hydrogen-bond donors (Lipinski definition) is 2. The van der Waals surface area contributed by atoms with E-state index in [4.69, 9.17) is 9.47 Å². The molecule has 0 saturated heterocycles. The second-order valence-corrected chi connectivity index (χ2v) is 3.82. The molecule has 106 valence electrons. The zero-order chi connectivity index (χ0) is 14.4. The van der Waals surface area contributed by atoms with Gasteiger partial charge in [0.1, 0.15) is 6.33 Å². The van der Waals surface area contributed by atoms with Crippen molar-refractivity contribution in [2.45, 2.75) is 13.8 Å². The number of amides is 1. The van der Waals surface area contributed by atoms with Gasteiger partial charge in [0, 0.05) is 5.56 Å². The molecule has 1 heterocycles. The van der Waals surface area contributed by atoms with Crippen LogP contribution in [-0.4, -0.2) is 34.3 Å². The van der Waals surface area contributed by atoms with Crippen LogP contribution in [0.15, 0.2) is 24.5 Å². The molecule has 0 aliphatic rings. The Bertz CT molecular complexity index is 569. The van der Waals surface area contributed by atoms with Crippen LogP contribution in [0.1, 0.15) is 24.2 Å². The number of carbonyl (C=O) groups excluding carboxylic acids is 1. The van der Waals surface area contributed by atoms with E-state index >= 15 is 0 Å². The summed E-state index contributed by atoms with van der Waals surface area (Å²) in [5.74, 6) is 1.15. The van der Waals surface area contributed by atoms with E-state index < -0.39 is 0 Å². The standard InChI is InChI=1S/C13H16N4O3/c1-3-19-10-6-5-9(7-11(10)20-4-2)12(18)16-13-14-8-15-17-13/h5-8H,3-4H2,1-2H3,(H2,14,15,16,17,18). The average Bonchev–Trinajstić information content (AvgIpc) is 2.94. The van der Waals surface area contributed by atoms with Crippen molar-refractivity contribution in [3.63, 3.8) is 0 Å². The Morgan fingerprint density at radius 1 is 1.25 bits per heavy atom. The molecule has 20 heavy (non-hydrogen) atoms. The molecule has 0 aliphatic heterocycles. The monoisotopic (exact) mass is 276 g/mol. The Hall–Kier alpha value is -2.57. The van der Waals surface area contributed by atoms with Gasteiger partial charge < -0.3 is 9.47 Å². The SMILES string of the molecule is CCOc1ccc(C(=O)Nc2ncn[nH]2)cc1OCC. The largest absolute Gasteiger partial charge is 0.490 e. The molecule has 2 N–H and O–H groups in total. The van der Waals surface area contributed by atoms with Gasteiger partial charge in [-0.2, -0.15) is 10.1 Å². The number of H-pyrrole nitrogens is 1. The topological polar surface area (TPSA) is 89.1 Å². The fourth-order valence-corrected chi connectivity index (χ4v) is 1.64.